The minimum atomic E-state index is -5.40. The SMILES string of the molecule is [2H]C([2H])([N+](=O)[O-])C(C)(O)C(F)(F)F. The van der Waals surface area contributed by atoms with E-state index in [9.17, 15) is 23.3 Å². The lowest BCUT2D eigenvalue weighted by Crippen LogP contribution is -2.47. The standard InChI is InChI=1S/C4H6F3NO3/c1-3(9,2-8(10)11)4(5,6)7/h9H,2H2,1H3/i2D2. The predicted octanol–water partition coefficient (Wildman–Crippen LogP) is 0.576. The van der Waals surface area contributed by atoms with Crippen LogP contribution in [0.2, 0.25) is 0 Å². The summed E-state index contributed by atoms with van der Waals surface area (Å²) in [5.41, 5.74) is -4.01. The van der Waals surface area contributed by atoms with Crippen LogP contribution in [0.5, 0.6) is 0 Å². The first-order chi connectivity index (χ1) is 5.44. The van der Waals surface area contributed by atoms with Crippen molar-refractivity contribution in [3.8, 4) is 0 Å². The Hall–Kier alpha value is -0.850. The van der Waals surface area contributed by atoms with E-state index in [1.54, 1.807) is 0 Å². The Morgan fingerprint density at radius 1 is 1.73 bits per heavy atom. The van der Waals surface area contributed by atoms with E-state index < -0.39 is 23.2 Å². The Morgan fingerprint density at radius 2 is 2.09 bits per heavy atom. The van der Waals surface area contributed by atoms with E-state index in [2.05, 4.69) is 0 Å². The van der Waals surface area contributed by atoms with Crippen molar-refractivity contribution in [3.05, 3.63) is 10.1 Å². The predicted molar refractivity (Wildman–Crippen MR) is 28.5 cm³/mol. The molecule has 0 spiro atoms. The van der Waals surface area contributed by atoms with Gasteiger partial charge >= 0.3 is 6.18 Å². The molecule has 0 bridgehead atoms. The summed E-state index contributed by atoms with van der Waals surface area (Å²) in [6.07, 6.45) is -5.40. The van der Waals surface area contributed by atoms with E-state index in [1.807, 2.05) is 0 Å². The molecule has 0 radical (unpaired) electrons. The number of nitrogens with zero attached hydrogens (tertiary/aromatic N) is 1. The van der Waals surface area contributed by atoms with Gasteiger partial charge in [-0.15, -0.1) is 0 Å². The van der Waals surface area contributed by atoms with Gasteiger partial charge in [-0.2, -0.15) is 13.2 Å². The summed E-state index contributed by atoms with van der Waals surface area (Å²) in [7, 11) is 0. The molecule has 0 rings (SSSR count). The first-order valence-electron chi connectivity index (χ1n) is 3.38. The van der Waals surface area contributed by atoms with Crippen molar-refractivity contribution < 1.29 is 25.9 Å². The van der Waals surface area contributed by atoms with Crippen LogP contribution in [0.1, 0.15) is 9.67 Å². The van der Waals surface area contributed by atoms with E-state index >= 15 is 0 Å². The van der Waals surface area contributed by atoms with E-state index in [-0.39, 0.29) is 6.92 Å². The van der Waals surface area contributed by atoms with Crippen LogP contribution in [0.4, 0.5) is 13.2 Å². The summed E-state index contributed by atoms with van der Waals surface area (Å²) >= 11 is 0. The smallest absolute Gasteiger partial charge is 0.376 e. The van der Waals surface area contributed by atoms with Crippen LogP contribution >= 0.6 is 0 Å². The molecule has 0 aliphatic rings. The molecule has 1 atom stereocenters. The third-order valence-corrected chi connectivity index (χ3v) is 0.861. The minimum absolute atomic E-state index is 0.00972. The first kappa shape index (κ1) is 6.84. The maximum absolute atomic E-state index is 11.9. The van der Waals surface area contributed by atoms with Crippen LogP contribution in [0, 0.1) is 10.1 Å². The molecular weight excluding hydrogens is 167 g/mol. The Kier molecular flexibility index (Phi) is 1.65. The van der Waals surface area contributed by atoms with Crippen molar-refractivity contribution in [1.29, 1.82) is 0 Å². The van der Waals surface area contributed by atoms with Crippen LogP contribution in [0.15, 0.2) is 0 Å². The molecule has 0 fully saturated rings. The van der Waals surface area contributed by atoms with Gasteiger partial charge in [0.1, 0.15) is 2.74 Å². The van der Waals surface area contributed by atoms with E-state index in [4.69, 9.17) is 7.85 Å². The highest BCUT2D eigenvalue weighted by atomic mass is 19.4. The summed E-state index contributed by atoms with van der Waals surface area (Å²) < 4.78 is 48.6. The van der Waals surface area contributed by atoms with Gasteiger partial charge in [-0.25, -0.2) is 0 Å². The maximum atomic E-state index is 11.9. The fourth-order valence-corrected chi connectivity index (χ4v) is 0.241. The van der Waals surface area contributed by atoms with Gasteiger partial charge in [0.05, 0.1) is 0 Å². The molecule has 0 aliphatic heterocycles. The second-order valence-electron chi connectivity index (χ2n) is 1.94. The second kappa shape index (κ2) is 2.65. The summed E-state index contributed by atoms with van der Waals surface area (Å²) in [5.74, 6) is 0. The maximum Gasteiger partial charge on any atom is 0.423 e. The third-order valence-electron chi connectivity index (χ3n) is 0.861. The molecule has 11 heavy (non-hydrogen) atoms. The van der Waals surface area contributed by atoms with Crippen LogP contribution in [0.3, 0.4) is 0 Å². The molecule has 0 aromatic heterocycles. The summed E-state index contributed by atoms with van der Waals surface area (Å²) in [5, 5.41) is 18.5. The van der Waals surface area contributed by atoms with Crippen LogP contribution in [-0.2, 0) is 0 Å². The molecule has 1 N–H and O–H groups in total. The average Bonchev–Trinajstić information content (AvgIpc) is 1.84. The van der Waals surface area contributed by atoms with E-state index in [1.165, 1.54) is 0 Å². The number of hydrogen-bond donors (Lipinski definition) is 1. The van der Waals surface area contributed by atoms with Gasteiger partial charge in [0.2, 0.25) is 12.1 Å². The Labute approximate surface area is 62.6 Å². The normalized spacial score (nSPS) is 21.5. The van der Waals surface area contributed by atoms with Crippen molar-refractivity contribution in [2.45, 2.75) is 18.7 Å². The zero-order valence-electron chi connectivity index (χ0n) is 7.34. The highest BCUT2D eigenvalue weighted by molar-refractivity contribution is 4.80. The van der Waals surface area contributed by atoms with Crippen molar-refractivity contribution >= 4 is 0 Å². The van der Waals surface area contributed by atoms with Gasteiger partial charge < -0.3 is 5.11 Å². The second-order valence-corrected chi connectivity index (χ2v) is 1.94. The summed E-state index contributed by atoms with van der Waals surface area (Å²) in [6, 6.07) is 0. The first-order valence-corrected chi connectivity index (χ1v) is 2.38. The minimum Gasteiger partial charge on any atom is -0.376 e. The molecule has 0 saturated carbocycles. The fraction of sp³-hybridized carbons (Fsp3) is 1.00. The Balaban J connectivity index is 5.16. The van der Waals surface area contributed by atoms with E-state index in [0.29, 0.717) is 0 Å². The number of halogens is 3. The molecule has 0 heterocycles. The number of rotatable bonds is 2. The largest absolute Gasteiger partial charge is 0.423 e. The summed E-state index contributed by atoms with van der Waals surface area (Å²) in [4.78, 5) is 8.07. The Morgan fingerprint density at radius 3 is 2.18 bits per heavy atom. The van der Waals surface area contributed by atoms with Gasteiger partial charge in [-0.3, -0.25) is 10.1 Å². The fourth-order valence-electron chi connectivity index (χ4n) is 0.241. The van der Waals surface area contributed by atoms with Gasteiger partial charge in [0.15, 0.2) is 0 Å². The topological polar surface area (TPSA) is 63.4 Å². The highest BCUT2D eigenvalue weighted by Crippen LogP contribution is 2.29. The molecule has 4 nitrogen and oxygen atoms in total. The molecule has 0 amide bonds. The van der Waals surface area contributed by atoms with Crippen molar-refractivity contribution in [2.75, 3.05) is 6.50 Å². The molecule has 7 heteroatoms. The van der Waals surface area contributed by atoms with E-state index in [0.717, 1.165) is 0 Å². The zero-order valence-corrected chi connectivity index (χ0v) is 5.34. The number of alkyl halides is 3. The van der Waals surface area contributed by atoms with Gasteiger partial charge in [0.25, 0.3) is 0 Å². The molecule has 0 aromatic rings. The molecule has 0 saturated heterocycles. The lowest BCUT2D eigenvalue weighted by Gasteiger charge is -2.21. The number of hydrogen-bond acceptors (Lipinski definition) is 3. The number of aliphatic hydroxyl groups is 1. The lowest BCUT2D eigenvalue weighted by atomic mass is 10.1. The zero-order chi connectivity index (χ0) is 11.1. The van der Waals surface area contributed by atoms with Crippen LogP contribution in [0.25, 0.3) is 0 Å². The molecule has 66 valence electrons. The van der Waals surface area contributed by atoms with Gasteiger partial charge in [0, 0.05) is 4.92 Å². The lowest BCUT2D eigenvalue weighted by molar-refractivity contribution is -0.513. The molecule has 0 aliphatic carbocycles. The van der Waals surface area contributed by atoms with Gasteiger partial charge in [-0.1, -0.05) is 0 Å². The highest BCUT2D eigenvalue weighted by Gasteiger charge is 2.53. The molecule has 0 aromatic carbocycles. The quantitative estimate of drug-likeness (QED) is 0.493. The van der Waals surface area contributed by atoms with Crippen molar-refractivity contribution in [3.63, 3.8) is 0 Å². The summed E-state index contributed by atoms with van der Waals surface area (Å²) in [6.45, 7) is -3.96. The van der Waals surface area contributed by atoms with Crippen LogP contribution < -0.4 is 0 Å². The van der Waals surface area contributed by atoms with Gasteiger partial charge in [-0.05, 0) is 6.92 Å². The monoisotopic (exact) mass is 175 g/mol. The van der Waals surface area contributed by atoms with Crippen LogP contribution in [-0.4, -0.2) is 28.3 Å². The molecular formula is C4H6F3NO3. The number of nitro groups is 1. The average molecular weight is 175 g/mol. The van der Waals surface area contributed by atoms with Crippen molar-refractivity contribution in [2.24, 2.45) is 0 Å². The Bertz CT molecular complexity index is 227. The van der Waals surface area contributed by atoms with Crippen molar-refractivity contribution in [1.82, 2.24) is 0 Å². The third kappa shape index (κ3) is 2.71. The molecule has 1 unspecified atom stereocenters.